The van der Waals surface area contributed by atoms with E-state index in [-0.39, 0.29) is 18.4 Å². The fourth-order valence-corrected chi connectivity index (χ4v) is 3.01. The molecular weight excluding hydrogens is 292 g/mol. The largest absolute Gasteiger partial charge is 0.370 e. The van der Waals surface area contributed by atoms with Crippen LogP contribution in [0.3, 0.4) is 0 Å². The minimum absolute atomic E-state index is 0.0298. The molecule has 1 aliphatic rings. The van der Waals surface area contributed by atoms with Gasteiger partial charge in [-0.2, -0.15) is 0 Å². The Balaban J connectivity index is 1.79. The number of amides is 2. The summed E-state index contributed by atoms with van der Waals surface area (Å²) in [6.45, 7) is 4.89. The summed E-state index contributed by atoms with van der Waals surface area (Å²) in [6, 6.07) is 9.53. The van der Waals surface area contributed by atoms with E-state index in [1.165, 1.54) is 5.56 Å². The summed E-state index contributed by atoms with van der Waals surface area (Å²) in [5.74, 6) is -0.476. The van der Waals surface area contributed by atoms with Gasteiger partial charge in [-0.3, -0.25) is 14.5 Å². The normalized spacial score (nSPS) is 20.9. The van der Waals surface area contributed by atoms with E-state index in [0.29, 0.717) is 5.92 Å². The zero-order chi connectivity index (χ0) is 16.8. The molecule has 126 valence electrons. The first-order valence-corrected chi connectivity index (χ1v) is 8.06. The lowest BCUT2D eigenvalue weighted by Crippen LogP contribution is -2.48. The molecule has 3 unspecified atom stereocenters. The third kappa shape index (κ3) is 5.33. The summed E-state index contributed by atoms with van der Waals surface area (Å²) in [4.78, 5) is 25.2. The summed E-state index contributed by atoms with van der Waals surface area (Å²) < 4.78 is 0. The molecule has 23 heavy (non-hydrogen) atoms. The second-order valence-corrected chi connectivity index (χ2v) is 6.34. The molecule has 0 saturated carbocycles. The maximum Gasteiger partial charge on any atom is 0.237 e. The van der Waals surface area contributed by atoms with Gasteiger partial charge in [-0.05, 0) is 31.4 Å². The Hall–Kier alpha value is -1.92. The average Bonchev–Trinajstić information content (AvgIpc) is 2.96. The van der Waals surface area contributed by atoms with Crippen LogP contribution in [0.2, 0.25) is 0 Å². The van der Waals surface area contributed by atoms with Gasteiger partial charge in [0.15, 0.2) is 0 Å². The lowest BCUT2D eigenvalue weighted by Gasteiger charge is -2.23. The van der Waals surface area contributed by atoms with Gasteiger partial charge in [-0.25, -0.2) is 0 Å². The highest BCUT2D eigenvalue weighted by molar-refractivity contribution is 5.87. The first-order valence-electron chi connectivity index (χ1n) is 8.06. The second kappa shape index (κ2) is 8.08. The molecule has 5 N–H and O–H groups in total. The van der Waals surface area contributed by atoms with Gasteiger partial charge in [-0.1, -0.05) is 30.3 Å². The number of carbonyl (C=O) groups is 2. The number of likely N-dealkylation sites (tertiary alicyclic amines) is 1. The first-order chi connectivity index (χ1) is 11.0. The fourth-order valence-electron chi connectivity index (χ4n) is 3.01. The summed E-state index contributed by atoms with van der Waals surface area (Å²) >= 11 is 0. The van der Waals surface area contributed by atoms with Crippen LogP contribution >= 0.6 is 0 Å². The number of nitrogens with zero attached hydrogens (tertiary/aromatic N) is 1. The molecule has 0 bridgehead atoms. The summed E-state index contributed by atoms with van der Waals surface area (Å²) in [5.41, 5.74) is 12.0. The Labute approximate surface area is 137 Å². The Morgan fingerprint density at radius 2 is 2.04 bits per heavy atom. The van der Waals surface area contributed by atoms with Crippen LogP contribution in [0, 0.1) is 5.92 Å². The lowest BCUT2D eigenvalue weighted by molar-refractivity contribution is -0.127. The van der Waals surface area contributed by atoms with Crippen LogP contribution < -0.4 is 16.8 Å². The third-order valence-corrected chi connectivity index (χ3v) is 4.39. The van der Waals surface area contributed by atoms with Crippen molar-refractivity contribution >= 4 is 11.8 Å². The van der Waals surface area contributed by atoms with E-state index in [2.05, 4.69) is 22.3 Å². The van der Waals surface area contributed by atoms with E-state index < -0.39 is 11.9 Å². The Kier molecular flexibility index (Phi) is 6.12. The van der Waals surface area contributed by atoms with Gasteiger partial charge in [0, 0.05) is 19.1 Å². The van der Waals surface area contributed by atoms with Crippen molar-refractivity contribution in [2.45, 2.75) is 38.4 Å². The van der Waals surface area contributed by atoms with E-state index in [0.717, 1.165) is 26.1 Å². The number of benzene rings is 1. The molecule has 6 heteroatoms. The van der Waals surface area contributed by atoms with Crippen molar-refractivity contribution in [3.8, 4) is 0 Å². The van der Waals surface area contributed by atoms with Crippen LogP contribution in [-0.2, 0) is 16.1 Å². The van der Waals surface area contributed by atoms with Crippen molar-refractivity contribution in [3.63, 3.8) is 0 Å². The van der Waals surface area contributed by atoms with Crippen molar-refractivity contribution in [1.82, 2.24) is 10.2 Å². The minimum atomic E-state index is -0.864. The van der Waals surface area contributed by atoms with Crippen molar-refractivity contribution in [2.24, 2.45) is 17.4 Å². The zero-order valence-corrected chi connectivity index (χ0v) is 13.6. The van der Waals surface area contributed by atoms with E-state index in [1.54, 1.807) is 0 Å². The van der Waals surface area contributed by atoms with Gasteiger partial charge in [0.2, 0.25) is 11.8 Å². The molecule has 2 rings (SSSR count). The molecular formula is C17H26N4O2. The number of nitrogens with one attached hydrogen (secondary N) is 1. The van der Waals surface area contributed by atoms with Gasteiger partial charge in [0.1, 0.15) is 0 Å². The van der Waals surface area contributed by atoms with Gasteiger partial charge in [0.25, 0.3) is 0 Å². The topological polar surface area (TPSA) is 101 Å². The molecule has 0 spiro atoms. The molecule has 0 aliphatic carbocycles. The van der Waals surface area contributed by atoms with Gasteiger partial charge in [0.05, 0.1) is 12.5 Å². The Bertz CT molecular complexity index is 535. The molecule has 1 aliphatic heterocycles. The van der Waals surface area contributed by atoms with E-state index in [4.69, 9.17) is 11.5 Å². The molecule has 0 radical (unpaired) electrons. The molecule has 1 aromatic rings. The summed E-state index contributed by atoms with van der Waals surface area (Å²) in [5, 5.41) is 2.91. The molecule has 0 aromatic heterocycles. The number of rotatable bonds is 7. The first kappa shape index (κ1) is 17.4. The SMILES string of the molecule is CC(NC(=O)C(N)CC(N)=O)C1CCN(Cc2ccccc2)C1. The lowest BCUT2D eigenvalue weighted by atomic mass is 10.00. The monoisotopic (exact) mass is 318 g/mol. The molecule has 1 aromatic carbocycles. The van der Waals surface area contributed by atoms with Gasteiger partial charge < -0.3 is 16.8 Å². The summed E-state index contributed by atoms with van der Waals surface area (Å²) in [7, 11) is 0. The highest BCUT2D eigenvalue weighted by Gasteiger charge is 2.29. The number of hydrogen-bond donors (Lipinski definition) is 3. The van der Waals surface area contributed by atoms with Crippen molar-refractivity contribution in [2.75, 3.05) is 13.1 Å². The number of nitrogens with two attached hydrogens (primary N) is 2. The van der Waals surface area contributed by atoms with Crippen LogP contribution in [0.15, 0.2) is 30.3 Å². The highest BCUT2D eigenvalue weighted by Crippen LogP contribution is 2.21. The van der Waals surface area contributed by atoms with Crippen LogP contribution in [0.5, 0.6) is 0 Å². The number of hydrogen-bond acceptors (Lipinski definition) is 4. The molecule has 2 amide bonds. The quantitative estimate of drug-likeness (QED) is 0.669. The average molecular weight is 318 g/mol. The Morgan fingerprint density at radius 3 is 2.70 bits per heavy atom. The second-order valence-electron chi connectivity index (χ2n) is 6.34. The predicted octanol–water partition coefficient (Wildman–Crippen LogP) is 0.216. The van der Waals surface area contributed by atoms with Crippen LogP contribution in [0.4, 0.5) is 0 Å². The zero-order valence-electron chi connectivity index (χ0n) is 13.6. The smallest absolute Gasteiger partial charge is 0.237 e. The maximum atomic E-state index is 12.0. The predicted molar refractivity (Wildman–Crippen MR) is 89.2 cm³/mol. The summed E-state index contributed by atoms with van der Waals surface area (Å²) in [6.07, 6.45) is 0.919. The fraction of sp³-hybridized carbons (Fsp3) is 0.529. The molecule has 1 saturated heterocycles. The van der Waals surface area contributed by atoms with Crippen LogP contribution in [-0.4, -0.2) is 41.9 Å². The number of carbonyl (C=O) groups excluding carboxylic acids is 2. The maximum absolute atomic E-state index is 12.0. The Morgan fingerprint density at radius 1 is 1.35 bits per heavy atom. The number of primary amides is 1. The van der Waals surface area contributed by atoms with Gasteiger partial charge in [-0.15, -0.1) is 0 Å². The molecule has 1 heterocycles. The van der Waals surface area contributed by atoms with Crippen LogP contribution in [0.25, 0.3) is 0 Å². The third-order valence-electron chi connectivity index (χ3n) is 4.39. The van der Waals surface area contributed by atoms with Gasteiger partial charge >= 0.3 is 0 Å². The van der Waals surface area contributed by atoms with E-state index >= 15 is 0 Å². The highest BCUT2D eigenvalue weighted by atomic mass is 16.2. The molecule has 6 nitrogen and oxygen atoms in total. The van der Waals surface area contributed by atoms with E-state index in [9.17, 15) is 9.59 Å². The van der Waals surface area contributed by atoms with Crippen molar-refractivity contribution < 1.29 is 9.59 Å². The van der Waals surface area contributed by atoms with Crippen molar-refractivity contribution in [3.05, 3.63) is 35.9 Å². The minimum Gasteiger partial charge on any atom is -0.370 e. The van der Waals surface area contributed by atoms with E-state index in [1.807, 2.05) is 25.1 Å². The molecule has 1 fully saturated rings. The standard InChI is InChI=1S/C17H26N4O2/c1-12(20-17(23)15(18)9-16(19)22)14-7-8-21(11-14)10-13-5-3-2-4-6-13/h2-6,12,14-15H,7-11,18H2,1H3,(H2,19,22)(H,20,23). The van der Waals surface area contributed by atoms with Crippen LogP contribution in [0.1, 0.15) is 25.3 Å². The van der Waals surface area contributed by atoms with Crippen molar-refractivity contribution in [1.29, 1.82) is 0 Å². The molecule has 3 atom stereocenters.